The van der Waals surface area contributed by atoms with Crippen LogP contribution in [0.3, 0.4) is 0 Å². The van der Waals surface area contributed by atoms with Gasteiger partial charge in [-0.2, -0.15) is 0 Å². The molecule has 0 saturated heterocycles. The summed E-state index contributed by atoms with van der Waals surface area (Å²) >= 11 is 0. The number of halogens is 1. The van der Waals surface area contributed by atoms with Crippen molar-refractivity contribution in [2.24, 2.45) is 4.99 Å². The first-order valence-electron chi connectivity index (χ1n) is 10.0. The van der Waals surface area contributed by atoms with Gasteiger partial charge in [-0.3, -0.25) is 4.98 Å². The van der Waals surface area contributed by atoms with E-state index in [9.17, 15) is 0 Å². The number of aliphatic imine (C=N–C) groups is 1. The van der Waals surface area contributed by atoms with Crippen LogP contribution in [0.5, 0.6) is 5.75 Å². The highest BCUT2D eigenvalue weighted by Crippen LogP contribution is 2.16. The Hall–Kier alpha value is -2.61. The average Bonchev–Trinajstić information content (AvgIpc) is 2.78. The van der Waals surface area contributed by atoms with Crippen LogP contribution in [0.2, 0.25) is 0 Å². The van der Waals surface area contributed by atoms with Gasteiger partial charge in [0, 0.05) is 31.4 Å². The van der Waals surface area contributed by atoms with Gasteiger partial charge in [0.2, 0.25) is 0 Å². The van der Waals surface area contributed by atoms with E-state index >= 15 is 0 Å². The van der Waals surface area contributed by atoms with Gasteiger partial charge < -0.3 is 15.4 Å². The van der Waals surface area contributed by atoms with Gasteiger partial charge in [-0.15, -0.1) is 24.0 Å². The van der Waals surface area contributed by atoms with E-state index in [0.29, 0.717) is 13.2 Å². The Bertz CT molecular complexity index is 888. The Morgan fingerprint density at radius 1 is 0.933 bits per heavy atom. The third-order valence-corrected chi connectivity index (χ3v) is 4.31. The van der Waals surface area contributed by atoms with Crippen molar-refractivity contribution in [3.8, 4) is 5.75 Å². The summed E-state index contributed by atoms with van der Waals surface area (Å²) in [5, 5.41) is 6.66. The zero-order valence-electron chi connectivity index (χ0n) is 17.3. The number of rotatable bonds is 9. The minimum atomic E-state index is 0. The van der Waals surface area contributed by atoms with Crippen LogP contribution in [0.15, 0.2) is 84.0 Å². The van der Waals surface area contributed by atoms with E-state index in [0.717, 1.165) is 48.0 Å². The van der Waals surface area contributed by atoms with Crippen molar-refractivity contribution in [1.29, 1.82) is 0 Å². The number of nitrogens with one attached hydrogen (secondary N) is 2. The summed E-state index contributed by atoms with van der Waals surface area (Å²) in [5.41, 5.74) is 3.33. The number of ether oxygens (including phenoxy) is 1. The predicted octanol–water partition coefficient (Wildman–Crippen LogP) is 4.58. The number of aromatic nitrogens is 1. The topological polar surface area (TPSA) is 58.5 Å². The lowest BCUT2D eigenvalue weighted by atomic mass is 10.2. The lowest BCUT2D eigenvalue weighted by Crippen LogP contribution is -2.38. The molecule has 0 aliphatic carbocycles. The molecule has 5 nitrogen and oxygen atoms in total. The molecule has 0 aliphatic heterocycles. The zero-order chi connectivity index (χ0) is 20.2. The normalized spacial score (nSPS) is 10.8. The summed E-state index contributed by atoms with van der Waals surface area (Å²) in [6, 6.07) is 24.2. The second-order valence-electron chi connectivity index (χ2n) is 6.61. The van der Waals surface area contributed by atoms with Crippen LogP contribution < -0.4 is 15.4 Å². The van der Waals surface area contributed by atoms with Crippen LogP contribution in [0.25, 0.3) is 0 Å². The molecule has 30 heavy (non-hydrogen) atoms. The average molecular weight is 516 g/mol. The van der Waals surface area contributed by atoms with Crippen LogP contribution >= 0.6 is 24.0 Å². The smallest absolute Gasteiger partial charge is 0.191 e. The highest BCUT2D eigenvalue weighted by molar-refractivity contribution is 14.0. The summed E-state index contributed by atoms with van der Waals surface area (Å²) in [5.74, 6) is 1.66. The Morgan fingerprint density at radius 2 is 1.73 bits per heavy atom. The van der Waals surface area contributed by atoms with E-state index in [1.165, 1.54) is 0 Å². The van der Waals surface area contributed by atoms with Crippen LogP contribution in [0.4, 0.5) is 0 Å². The maximum atomic E-state index is 5.91. The Kier molecular flexibility index (Phi) is 10.7. The van der Waals surface area contributed by atoms with Gasteiger partial charge in [0.05, 0.1) is 6.54 Å². The van der Waals surface area contributed by atoms with Gasteiger partial charge >= 0.3 is 0 Å². The summed E-state index contributed by atoms with van der Waals surface area (Å²) < 4.78 is 5.91. The maximum absolute atomic E-state index is 5.91. The van der Waals surface area contributed by atoms with Gasteiger partial charge in [0.25, 0.3) is 0 Å². The number of nitrogens with zero attached hydrogens (tertiary/aromatic N) is 2. The van der Waals surface area contributed by atoms with Crippen molar-refractivity contribution >= 4 is 29.9 Å². The van der Waals surface area contributed by atoms with E-state index in [-0.39, 0.29) is 24.0 Å². The van der Waals surface area contributed by atoms with Gasteiger partial charge in [0.1, 0.15) is 12.4 Å². The maximum Gasteiger partial charge on any atom is 0.191 e. The first-order valence-corrected chi connectivity index (χ1v) is 10.0. The SMILES string of the molecule is CCNC(=NCc1cccc(OCc2ccccc2)c1)NCCc1ccccn1.I. The molecule has 2 aromatic carbocycles. The monoisotopic (exact) mass is 516 g/mol. The molecule has 0 unspecified atom stereocenters. The van der Waals surface area contributed by atoms with Crippen LogP contribution in [0.1, 0.15) is 23.7 Å². The first-order chi connectivity index (χ1) is 14.3. The molecule has 0 amide bonds. The van der Waals surface area contributed by atoms with Crippen molar-refractivity contribution in [2.45, 2.75) is 26.5 Å². The zero-order valence-corrected chi connectivity index (χ0v) is 19.6. The molecule has 0 atom stereocenters. The van der Waals surface area contributed by atoms with Gasteiger partial charge in [0.15, 0.2) is 5.96 Å². The van der Waals surface area contributed by atoms with E-state index in [2.05, 4.69) is 40.7 Å². The lowest BCUT2D eigenvalue weighted by Gasteiger charge is -2.11. The summed E-state index contributed by atoms with van der Waals surface area (Å²) in [6.45, 7) is 4.81. The minimum absolute atomic E-state index is 0. The number of benzene rings is 2. The largest absolute Gasteiger partial charge is 0.489 e. The van der Waals surface area contributed by atoms with Crippen molar-refractivity contribution in [3.63, 3.8) is 0 Å². The van der Waals surface area contributed by atoms with Crippen LogP contribution in [-0.2, 0) is 19.6 Å². The molecule has 0 radical (unpaired) electrons. The number of guanidine groups is 1. The molecule has 0 saturated carbocycles. The Balaban J connectivity index is 0.00000320. The molecule has 1 heterocycles. The van der Waals surface area contributed by atoms with Crippen molar-refractivity contribution < 1.29 is 4.74 Å². The van der Waals surface area contributed by atoms with E-state index in [1.54, 1.807) is 0 Å². The van der Waals surface area contributed by atoms with E-state index in [1.807, 2.05) is 60.8 Å². The molecule has 0 bridgehead atoms. The molecule has 3 rings (SSSR count). The van der Waals surface area contributed by atoms with Crippen LogP contribution in [0, 0.1) is 0 Å². The fourth-order valence-corrected chi connectivity index (χ4v) is 2.84. The predicted molar refractivity (Wildman–Crippen MR) is 133 cm³/mol. The summed E-state index contributed by atoms with van der Waals surface area (Å²) in [4.78, 5) is 9.04. The second kappa shape index (κ2) is 13.6. The minimum Gasteiger partial charge on any atom is -0.489 e. The Morgan fingerprint density at radius 3 is 2.50 bits per heavy atom. The van der Waals surface area contributed by atoms with Crippen LogP contribution in [-0.4, -0.2) is 24.0 Å². The second-order valence-corrected chi connectivity index (χ2v) is 6.61. The van der Waals surface area contributed by atoms with Crippen molar-refractivity contribution in [1.82, 2.24) is 15.6 Å². The van der Waals surface area contributed by atoms with E-state index in [4.69, 9.17) is 9.73 Å². The Labute approximate surface area is 196 Å². The first kappa shape index (κ1) is 23.7. The molecule has 158 valence electrons. The molecule has 0 spiro atoms. The lowest BCUT2D eigenvalue weighted by molar-refractivity contribution is 0.306. The fraction of sp³-hybridized carbons (Fsp3) is 0.250. The molecule has 0 aliphatic rings. The number of hydrogen-bond acceptors (Lipinski definition) is 3. The van der Waals surface area contributed by atoms with Crippen molar-refractivity contribution in [2.75, 3.05) is 13.1 Å². The number of pyridine rings is 1. The molecule has 3 aromatic rings. The molecule has 0 fully saturated rings. The van der Waals surface area contributed by atoms with Gasteiger partial charge in [-0.05, 0) is 42.3 Å². The summed E-state index contributed by atoms with van der Waals surface area (Å²) in [6.07, 6.45) is 2.68. The quantitative estimate of drug-likeness (QED) is 0.249. The molecular formula is C24H29IN4O. The third-order valence-electron chi connectivity index (χ3n) is 4.31. The van der Waals surface area contributed by atoms with Crippen molar-refractivity contribution in [3.05, 3.63) is 95.8 Å². The molecule has 6 heteroatoms. The fourth-order valence-electron chi connectivity index (χ4n) is 2.84. The number of hydrogen-bond donors (Lipinski definition) is 2. The highest BCUT2D eigenvalue weighted by atomic mass is 127. The highest BCUT2D eigenvalue weighted by Gasteiger charge is 2.01. The van der Waals surface area contributed by atoms with E-state index < -0.39 is 0 Å². The standard InChI is InChI=1S/C24H28N4O.HI/c1-2-25-24(27-16-14-22-12-6-7-15-26-22)28-18-21-11-8-13-23(17-21)29-19-20-9-4-3-5-10-20;/h3-13,15,17H,2,14,16,18-19H2,1H3,(H2,25,27,28);1H. The van der Waals surface area contributed by atoms with Gasteiger partial charge in [-0.25, -0.2) is 4.99 Å². The molecular weight excluding hydrogens is 487 g/mol. The summed E-state index contributed by atoms with van der Waals surface area (Å²) in [7, 11) is 0. The molecule has 2 N–H and O–H groups in total. The van der Waals surface area contributed by atoms with Gasteiger partial charge in [-0.1, -0.05) is 48.5 Å². The molecule has 1 aromatic heterocycles. The third kappa shape index (κ3) is 8.41.